The third kappa shape index (κ3) is 3.77. The van der Waals surface area contributed by atoms with E-state index in [1.165, 1.54) is 12.1 Å². The normalized spacial score (nSPS) is 24.0. The minimum absolute atomic E-state index is 0.307. The summed E-state index contributed by atoms with van der Waals surface area (Å²) in [5.41, 5.74) is 6.84. The first-order chi connectivity index (χ1) is 5.70. The van der Waals surface area contributed by atoms with Crippen molar-refractivity contribution in [2.24, 2.45) is 11.7 Å². The van der Waals surface area contributed by atoms with E-state index < -0.39 is 0 Å². The minimum atomic E-state index is 0.307. The maximum Gasteiger partial charge on any atom is 0.0150 e. The lowest BCUT2D eigenvalue weighted by Crippen LogP contribution is -2.19. The molecule has 1 aliphatic rings. The highest BCUT2D eigenvalue weighted by atomic mass is 14.9. The molecule has 2 unspecified atom stereocenters. The van der Waals surface area contributed by atoms with Gasteiger partial charge in [-0.2, -0.15) is 0 Å². The molecule has 0 aromatic rings. The number of allylic oxidation sites excluding steroid dienone is 1. The summed E-state index contributed by atoms with van der Waals surface area (Å²) in [6, 6.07) is 0.307. The highest BCUT2D eigenvalue weighted by molar-refractivity contribution is 5.03. The highest BCUT2D eigenvalue weighted by Gasteiger charge is 2.19. The molecule has 2 atom stereocenters. The second-order valence-corrected chi connectivity index (χ2v) is 3.15. The quantitative estimate of drug-likeness (QED) is 0.664. The summed E-state index contributed by atoms with van der Waals surface area (Å²) in [4.78, 5) is 0. The van der Waals surface area contributed by atoms with Crippen LogP contribution in [0.3, 0.4) is 0 Å². The van der Waals surface area contributed by atoms with Crippen LogP contribution >= 0.6 is 0 Å². The van der Waals surface area contributed by atoms with Gasteiger partial charge in [0.1, 0.15) is 0 Å². The first-order valence-electron chi connectivity index (χ1n) is 4.88. The van der Waals surface area contributed by atoms with Gasteiger partial charge >= 0.3 is 0 Å². The van der Waals surface area contributed by atoms with Crippen LogP contribution in [0.5, 0.6) is 0 Å². The summed E-state index contributed by atoms with van der Waals surface area (Å²) >= 11 is 0. The Balaban J connectivity index is 0.000000561. The zero-order valence-electron chi connectivity index (χ0n) is 8.56. The van der Waals surface area contributed by atoms with Crippen molar-refractivity contribution in [2.75, 3.05) is 6.54 Å². The van der Waals surface area contributed by atoms with Crippen LogP contribution in [-0.4, -0.2) is 12.6 Å². The average molecular weight is 170 g/mol. The lowest BCUT2D eigenvalue weighted by Gasteiger charge is -2.11. The third-order valence-electron chi connectivity index (χ3n) is 1.99. The van der Waals surface area contributed by atoms with Crippen LogP contribution in [0.4, 0.5) is 0 Å². The van der Waals surface area contributed by atoms with Gasteiger partial charge in [0.15, 0.2) is 0 Å². The van der Waals surface area contributed by atoms with Crippen LogP contribution in [0.15, 0.2) is 12.3 Å². The molecule has 0 bridgehead atoms. The molecule has 0 aliphatic carbocycles. The van der Waals surface area contributed by atoms with Crippen molar-refractivity contribution in [1.29, 1.82) is 0 Å². The maximum atomic E-state index is 5.67. The maximum absolute atomic E-state index is 5.67. The molecular weight excluding hydrogens is 148 g/mol. The van der Waals surface area contributed by atoms with Crippen molar-refractivity contribution in [1.82, 2.24) is 5.32 Å². The molecule has 12 heavy (non-hydrogen) atoms. The molecule has 1 fully saturated rings. The van der Waals surface area contributed by atoms with Gasteiger partial charge in [-0.3, -0.25) is 0 Å². The molecule has 0 aromatic heterocycles. The van der Waals surface area contributed by atoms with E-state index in [2.05, 4.69) is 11.9 Å². The summed E-state index contributed by atoms with van der Waals surface area (Å²) in [5, 5.41) is 3.22. The number of hydrogen-bond donors (Lipinski definition) is 2. The van der Waals surface area contributed by atoms with E-state index in [9.17, 15) is 0 Å². The molecule has 1 heterocycles. The molecule has 1 rings (SSSR count). The molecule has 0 saturated carbocycles. The molecule has 2 nitrogen and oxygen atoms in total. The smallest absolute Gasteiger partial charge is 0.0150 e. The van der Waals surface area contributed by atoms with Gasteiger partial charge in [-0.05, 0) is 19.8 Å². The van der Waals surface area contributed by atoms with Crippen molar-refractivity contribution in [3.63, 3.8) is 0 Å². The predicted molar refractivity (Wildman–Crippen MR) is 54.9 cm³/mol. The van der Waals surface area contributed by atoms with Crippen LogP contribution in [-0.2, 0) is 0 Å². The fraction of sp³-hybridized carbons (Fsp3) is 0.800. The molecule has 0 aromatic carbocycles. The van der Waals surface area contributed by atoms with Crippen LogP contribution in [0.2, 0.25) is 0 Å². The highest BCUT2D eigenvalue weighted by Crippen LogP contribution is 2.21. The zero-order chi connectivity index (χ0) is 9.56. The Morgan fingerprint density at radius 2 is 2.25 bits per heavy atom. The van der Waals surface area contributed by atoms with Gasteiger partial charge in [-0.1, -0.05) is 20.4 Å². The Morgan fingerprint density at radius 3 is 2.58 bits per heavy atom. The molecule has 1 aliphatic heterocycles. The third-order valence-corrected chi connectivity index (χ3v) is 1.99. The lowest BCUT2D eigenvalue weighted by atomic mass is 9.98. The van der Waals surface area contributed by atoms with E-state index in [4.69, 9.17) is 5.73 Å². The zero-order valence-corrected chi connectivity index (χ0v) is 8.56. The summed E-state index contributed by atoms with van der Waals surface area (Å²) in [6.07, 6.45) is 2.28. The van der Waals surface area contributed by atoms with Crippen molar-refractivity contribution in [2.45, 2.75) is 39.7 Å². The Labute approximate surface area is 76.2 Å². The molecule has 0 amide bonds. The number of hydrogen-bond acceptors (Lipinski definition) is 2. The van der Waals surface area contributed by atoms with Gasteiger partial charge in [0.2, 0.25) is 0 Å². The van der Waals surface area contributed by atoms with Crippen LogP contribution in [0.1, 0.15) is 33.6 Å². The van der Waals surface area contributed by atoms with E-state index in [1.807, 2.05) is 20.8 Å². The summed E-state index contributed by atoms with van der Waals surface area (Å²) in [5.74, 6) is 0.625. The lowest BCUT2D eigenvalue weighted by molar-refractivity contribution is 0.519. The predicted octanol–water partition coefficient (Wildman–Crippen LogP) is 1.87. The van der Waals surface area contributed by atoms with Gasteiger partial charge in [0, 0.05) is 24.2 Å². The fourth-order valence-electron chi connectivity index (χ4n) is 1.43. The van der Waals surface area contributed by atoms with Gasteiger partial charge in [-0.25, -0.2) is 0 Å². The second-order valence-electron chi connectivity index (χ2n) is 3.15. The van der Waals surface area contributed by atoms with Crippen molar-refractivity contribution in [3.8, 4) is 0 Å². The molecular formula is C10H22N2. The summed E-state index contributed by atoms with van der Waals surface area (Å²) < 4.78 is 0. The molecule has 2 heteroatoms. The van der Waals surface area contributed by atoms with E-state index in [0.29, 0.717) is 12.0 Å². The second kappa shape index (κ2) is 6.06. The van der Waals surface area contributed by atoms with E-state index >= 15 is 0 Å². The van der Waals surface area contributed by atoms with E-state index in [1.54, 1.807) is 0 Å². The summed E-state index contributed by atoms with van der Waals surface area (Å²) in [7, 11) is 0. The molecule has 0 spiro atoms. The standard InChI is InChI=1S/C8H16N2.C2H6/c1-6(9)5-8-3-4-10-7(8)2;1-2/h6,8,10H,2-5,9H2,1H3;1-2H3. The van der Waals surface area contributed by atoms with Crippen molar-refractivity contribution >= 4 is 0 Å². The molecule has 72 valence electrons. The van der Waals surface area contributed by atoms with Gasteiger partial charge in [0.05, 0.1) is 0 Å². The first-order valence-corrected chi connectivity index (χ1v) is 4.88. The van der Waals surface area contributed by atoms with Crippen LogP contribution in [0, 0.1) is 5.92 Å². The fourth-order valence-corrected chi connectivity index (χ4v) is 1.43. The Morgan fingerprint density at radius 1 is 1.67 bits per heavy atom. The number of nitrogens with two attached hydrogens (primary N) is 1. The van der Waals surface area contributed by atoms with Crippen LogP contribution in [0.25, 0.3) is 0 Å². The van der Waals surface area contributed by atoms with Gasteiger partial charge in [0.25, 0.3) is 0 Å². The topological polar surface area (TPSA) is 38.0 Å². The molecule has 1 saturated heterocycles. The van der Waals surface area contributed by atoms with Crippen molar-refractivity contribution < 1.29 is 0 Å². The van der Waals surface area contributed by atoms with Gasteiger partial charge < -0.3 is 11.1 Å². The largest absolute Gasteiger partial charge is 0.389 e. The number of rotatable bonds is 2. The van der Waals surface area contributed by atoms with E-state index in [-0.39, 0.29) is 0 Å². The monoisotopic (exact) mass is 170 g/mol. The average Bonchev–Trinajstić information content (AvgIpc) is 2.40. The number of nitrogens with one attached hydrogen (secondary N) is 1. The SMILES string of the molecule is C=C1NCCC1CC(C)N.CC. The van der Waals surface area contributed by atoms with E-state index in [0.717, 1.165) is 13.0 Å². The Kier molecular flexibility index (Phi) is 5.81. The Bertz CT molecular complexity index is 130. The summed E-state index contributed by atoms with van der Waals surface area (Å²) in [6.45, 7) is 11.0. The van der Waals surface area contributed by atoms with Gasteiger partial charge in [-0.15, -0.1) is 0 Å². The molecule has 3 N–H and O–H groups in total. The first kappa shape index (κ1) is 11.5. The minimum Gasteiger partial charge on any atom is -0.389 e. The molecule has 0 radical (unpaired) electrons. The Hall–Kier alpha value is -0.500. The van der Waals surface area contributed by atoms with Crippen LogP contribution < -0.4 is 11.1 Å². The van der Waals surface area contributed by atoms with Crippen molar-refractivity contribution in [3.05, 3.63) is 12.3 Å².